The summed E-state index contributed by atoms with van der Waals surface area (Å²) in [6.07, 6.45) is -0.142. The molecule has 0 aliphatic carbocycles. The lowest BCUT2D eigenvalue weighted by molar-refractivity contribution is 0.0616. The summed E-state index contributed by atoms with van der Waals surface area (Å²) in [4.78, 5) is 8.36. The minimum absolute atomic E-state index is 0.209. The standard InChI is InChI=1S/C12H20N2O3/c1-12(2,3)8(15)6-9-13-10(16-4)7-11(14-9)17-5/h7-8,15H,6H2,1-5H3. The van der Waals surface area contributed by atoms with Gasteiger partial charge in [-0.2, -0.15) is 9.97 Å². The Kier molecular flexibility index (Phi) is 4.28. The van der Waals surface area contributed by atoms with Crippen LogP contribution in [0.25, 0.3) is 0 Å². The van der Waals surface area contributed by atoms with Gasteiger partial charge in [0, 0.05) is 6.42 Å². The topological polar surface area (TPSA) is 64.5 Å². The molecule has 0 aliphatic rings. The largest absolute Gasteiger partial charge is 0.481 e. The molecule has 17 heavy (non-hydrogen) atoms. The molecule has 1 rings (SSSR count). The average Bonchev–Trinajstić information content (AvgIpc) is 2.27. The summed E-state index contributed by atoms with van der Waals surface area (Å²) in [6.45, 7) is 5.90. The number of aliphatic hydroxyl groups is 1. The van der Waals surface area contributed by atoms with Crippen molar-refractivity contribution in [3.8, 4) is 11.8 Å². The van der Waals surface area contributed by atoms with Crippen LogP contribution in [-0.4, -0.2) is 35.4 Å². The molecule has 1 N–H and O–H groups in total. The second kappa shape index (κ2) is 5.31. The molecule has 0 bridgehead atoms. The number of hydrogen-bond donors (Lipinski definition) is 1. The Morgan fingerprint density at radius 3 is 2.00 bits per heavy atom. The van der Waals surface area contributed by atoms with E-state index in [4.69, 9.17) is 9.47 Å². The van der Waals surface area contributed by atoms with Crippen LogP contribution >= 0.6 is 0 Å². The van der Waals surface area contributed by atoms with Gasteiger partial charge >= 0.3 is 0 Å². The third kappa shape index (κ3) is 3.85. The number of hydrogen-bond acceptors (Lipinski definition) is 5. The fourth-order valence-corrected chi connectivity index (χ4v) is 1.23. The highest BCUT2D eigenvalue weighted by molar-refractivity contribution is 5.21. The highest BCUT2D eigenvalue weighted by atomic mass is 16.5. The first-order valence-electron chi connectivity index (χ1n) is 5.51. The fourth-order valence-electron chi connectivity index (χ4n) is 1.23. The molecule has 5 nitrogen and oxygen atoms in total. The molecule has 1 atom stereocenters. The van der Waals surface area contributed by atoms with E-state index in [1.54, 1.807) is 6.07 Å². The van der Waals surface area contributed by atoms with Crippen LogP contribution in [0.2, 0.25) is 0 Å². The molecular weight excluding hydrogens is 220 g/mol. The number of rotatable bonds is 4. The van der Waals surface area contributed by atoms with Crippen LogP contribution in [0.4, 0.5) is 0 Å². The molecule has 0 fully saturated rings. The summed E-state index contributed by atoms with van der Waals surface area (Å²) in [5.41, 5.74) is -0.209. The van der Waals surface area contributed by atoms with Crippen LogP contribution in [0, 0.1) is 5.41 Å². The first-order chi connectivity index (χ1) is 7.86. The van der Waals surface area contributed by atoms with E-state index >= 15 is 0 Å². The van der Waals surface area contributed by atoms with E-state index in [2.05, 4.69) is 9.97 Å². The van der Waals surface area contributed by atoms with Crippen molar-refractivity contribution in [2.24, 2.45) is 5.41 Å². The molecule has 5 heteroatoms. The number of aliphatic hydroxyl groups excluding tert-OH is 1. The Morgan fingerprint density at radius 2 is 1.65 bits per heavy atom. The van der Waals surface area contributed by atoms with E-state index in [-0.39, 0.29) is 5.41 Å². The predicted octanol–water partition coefficient (Wildman–Crippen LogP) is 1.44. The molecule has 0 spiro atoms. The first kappa shape index (κ1) is 13.7. The van der Waals surface area contributed by atoms with E-state index in [1.165, 1.54) is 14.2 Å². The summed E-state index contributed by atoms with van der Waals surface area (Å²) in [6, 6.07) is 1.60. The molecule has 0 radical (unpaired) electrons. The van der Waals surface area contributed by atoms with Crippen molar-refractivity contribution in [1.29, 1.82) is 0 Å². The van der Waals surface area contributed by atoms with Gasteiger partial charge in [-0.25, -0.2) is 0 Å². The smallest absolute Gasteiger partial charge is 0.220 e. The summed E-state index contributed by atoms with van der Waals surface area (Å²) < 4.78 is 10.1. The molecule has 0 saturated heterocycles. The summed E-state index contributed by atoms with van der Waals surface area (Å²) in [5, 5.41) is 10.0. The van der Waals surface area contributed by atoms with E-state index in [1.807, 2.05) is 20.8 Å². The van der Waals surface area contributed by atoms with Gasteiger partial charge < -0.3 is 14.6 Å². The Morgan fingerprint density at radius 1 is 1.18 bits per heavy atom. The van der Waals surface area contributed by atoms with Gasteiger partial charge in [0.05, 0.1) is 26.4 Å². The Bertz CT molecular complexity index is 352. The van der Waals surface area contributed by atoms with E-state index in [0.29, 0.717) is 24.0 Å². The second-order valence-electron chi connectivity index (χ2n) is 4.95. The third-order valence-electron chi connectivity index (χ3n) is 2.52. The van der Waals surface area contributed by atoms with E-state index in [0.717, 1.165) is 0 Å². The zero-order chi connectivity index (χ0) is 13.1. The van der Waals surface area contributed by atoms with E-state index in [9.17, 15) is 5.11 Å². The average molecular weight is 240 g/mol. The van der Waals surface area contributed by atoms with Gasteiger partial charge in [0.25, 0.3) is 0 Å². The maximum atomic E-state index is 10.0. The fraction of sp³-hybridized carbons (Fsp3) is 0.667. The van der Waals surface area contributed by atoms with Gasteiger partial charge in [-0.15, -0.1) is 0 Å². The van der Waals surface area contributed by atoms with Crippen LogP contribution in [0.15, 0.2) is 6.07 Å². The summed E-state index contributed by atoms with van der Waals surface area (Å²) >= 11 is 0. The van der Waals surface area contributed by atoms with E-state index < -0.39 is 6.10 Å². The summed E-state index contributed by atoms with van der Waals surface area (Å²) in [7, 11) is 3.07. The van der Waals surface area contributed by atoms with Crippen molar-refractivity contribution in [3.05, 3.63) is 11.9 Å². The molecule has 0 aromatic carbocycles. The van der Waals surface area contributed by atoms with Crippen molar-refractivity contribution in [2.45, 2.75) is 33.3 Å². The first-order valence-corrected chi connectivity index (χ1v) is 5.51. The highest BCUT2D eigenvalue weighted by Gasteiger charge is 2.23. The van der Waals surface area contributed by atoms with Gasteiger partial charge in [-0.1, -0.05) is 20.8 Å². The zero-order valence-electron chi connectivity index (χ0n) is 11.0. The normalized spacial score (nSPS) is 13.3. The highest BCUT2D eigenvalue weighted by Crippen LogP contribution is 2.23. The van der Waals surface area contributed by atoms with Gasteiger partial charge in [0.2, 0.25) is 11.8 Å². The quantitative estimate of drug-likeness (QED) is 0.862. The van der Waals surface area contributed by atoms with Crippen LogP contribution in [0.3, 0.4) is 0 Å². The Hall–Kier alpha value is -1.36. The molecule has 1 unspecified atom stereocenters. The molecular formula is C12H20N2O3. The number of methoxy groups -OCH3 is 2. The lowest BCUT2D eigenvalue weighted by atomic mass is 9.87. The molecule has 0 saturated carbocycles. The van der Waals surface area contributed by atoms with Gasteiger partial charge in [0.15, 0.2) is 0 Å². The maximum Gasteiger partial charge on any atom is 0.220 e. The Balaban J connectivity index is 2.90. The van der Waals surface area contributed by atoms with Crippen LogP contribution in [0.5, 0.6) is 11.8 Å². The van der Waals surface area contributed by atoms with Gasteiger partial charge in [-0.3, -0.25) is 0 Å². The van der Waals surface area contributed by atoms with Gasteiger partial charge in [-0.05, 0) is 5.41 Å². The molecule has 1 heterocycles. The number of nitrogens with zero attached hydrogens (tertiary/aromatic N) is 2. The van der Waals surface area contributed by atoms with Crippen molar-refractivity contribution >= 4 is 0 Å². The Labute approximate surface area is 102 Å². The zero-order valence-corrected chi connectivity index (χ0v) is 11.0. The minimum Gasteiger partial charge on any atom is -0.481 e. The van der Waals surface area contributed by atoms with Crippen molar-refractivity contribution in [1.82, 2.24) is 9.97 Å². The lowest BCUT2D eigenvalue weighted by Crippen LogP contribution is -2.28. The summed E-state index contributed by atoms with van der Waals surface area (Å²) in [5.74, 6) is 1.39. The monoisotopic (exact) mass is 240 g/mol. The van der Waals surface area contributed by atoms with Crippen molar-refractivity contribution < 1.29 is 14.6 Å². The molecule has 0 aliphatic heterocycles. The molecule has 1 aromatic rings. The number of ether oxygens (including phenoxy) is 2. The van der Waals surface area contributed by atoms with Gasteiger partial charge in [0.1, 0.15) is 5.82 Å². The van der Waals surface area contributed by atoms with Crippen LogP contribution < -0.4 is 9.47 Å². The minimum atomic E-state index is -0.515. The SMILES string of the molecule is COc1cc(OC)nc(CC(O)C(C)(C)C)n1. The molecule has 0 amide bonds. The maximum absolute atomic E-state index is 10.0. The number of aromatic nitrogens is 2. The molecule has 96 valence electrons. The molecule has 1 aromatic heterocycles. The predicted molar refractivity (Wildman–Crippen MR) is 64.3 cm³/mol. The van der Waals surface area contributed by atoms with Crippen LogP contribution in [0.1, 0.15) is 26.6 Å². The van der Waals surface area contributed by atoms with Crippen molar-refractivity contribution in [2.75, 3.05) is 14.2 Å². The van der Waals surface area contributed by atoms with Crippen LogP contribution in [-0.2, 0) is 6.42 Å². The van der Waals surface area contributed by atoms with Crippen molar-refractivity contribution in [3.63, 3.8) is 0 Å². The lowest BCUT2D eigenvalue weighted by Gasteiger charge is -2.25. The third-order valence-corrected chi connectivity index (χ3v) is 2.52. The second-order valence-corrected chi connectivity index (χ2v) is 4.95.